The molecule has 1 aliphatic carbocycles. The summed E-state index contributed by atoms with van der Waals surface area (Å²) >= 11 is 0. The third-order valence-corrected chi connectivity index (χ3v) is 3.87. The van der Waals surface area contributed by atoms with Crippen molar-refractivity contribution in [3.63, 3.8) is 0 Å². The Morgan fingerprint density at radius 1 is 1.28 bits per heavy atom. The van der Waals surface area contributed by atoms with Crippen LogP contribution in [0.4, 0.5) is 0 Å². The van der Waals surface area contributed by atoms with Gasteiger partial charge in [0.25, 0.3) is 0 Å². The lowest BCUT2D eigenvalue weighted by molar-refractivity contribution is 0.598. The van der Waals surface area contributed by atoms with Crippen LogP contribution in [0.1, 0.15) is 18.4 Å². The van der Waals surface area contributed by atoms with Gasteiger partial charge in [0.15, 0.2) is 0 Å². The molecule has 18 heavy (non-hydrogen) atoms. The van der Waals surface area contributed by atoms with Crippen molar-refractivity contribution >= 4 is 15.9 Å². The number of benzene rings is 1. The zero-order valence-electron chi connectivity index (χ0n) is 10.0. The Morgan fingerprint density at radius 2 is 1.89 bits per heavy atom. The summed E-state index contributed by atoms with van der Waals surface area (Å²) in [4.78, 5) is 4.44. The molecule has 0 heterocycles. The summed E-state index contributed by atoms with van der Waals surface area (Å²) in [7, 11) is -3.60. The highest BCUT2D eigenvalue weighted by Crippen LogP contribution is 2.28. The minimum atomic E-state index is -3.60. The van der Waals surface area contributed by atoms with Crippen molar-refractivity contribution in [2.45, 2.75) is 24.2 Å². The van der Waals surface area contributed by atoms with Crippen molar-refractivity contribution in [2.24, 2.45) is 21.8 Å². The fourth-order valence-corrected chi connectivity index (χ4v) is 2.18. The Morgan fingerprint density at radius 3 is 2.39 bits per heavy atom. The molecule has 1 aromatic rings. The van der Waals surface area contributed by atoms with E-state index in [-0.39, 0.29) is 4.90 Å². The molecule has 2 rings (SSSR count). The van der Waals surface area contributed by atoms with Gasteiger partial charge in [-0.2, -0.15) is 0 Å². The first-order valence-corrected chi connectivity index (χ1v) is 7.43. The Hall–Kier alpha value is -1.40. The van der Waals surface area contributed by atoms with Crippen LogP contribution in [0.5, 0.6) is 0 Å². The third-order valence-electron chi connectivity index (χ3n) is 2.94. The Kier molecular flexibility index (Phi) is 3.68. The Balaban J connectivity index is 1.92. The fraction of sp³-hybridized carbons (Fsp3) is 0.417. The van der Waals surface area contributed by atoms with Crippen LogP contribution in [0.2, 0.25) is 0 Å². The van der Waals surface area contributed by atoms with Crippen molar-refractivity contribution in [2.75, 3.05) is 6.54 Å². The molecule has 1 saturated carbocycles. The molecule has 0 aromatic heterocycles. The Bertz CT molecular complexity index is 545. The highest BCUT2D eigenvalue weighted by Gasteiger charge is 2.24. The number of nitrogens with zero attached hydrogens (tertiary/aromatic N) is 1. The molecule has 0 aliphatic heterocycles. The first-order chi connectivity index (χ1) is 8.47. The van der Waals surface area contributed by atoms with Crippen LogP contribution in [-0.2, 0) is 16.4 Å². The molecule has 0 radical (unpaired) electrons. The molecule has 0 unspecified atom stereocenters. The highest BCUT2D eigenvalue weighted by atomic mass is 32.2. The molecule has 1 aliphatic rings. The number of hydrogen-bond acceptors (Lipinski definition) is 3. The van der Waals surface area contributed by atoms with Crippen LogP contribution in [0, 0.1) is 5.92 Å². The quantitative estimate of drug-likeness (QED) is 0.605. The average Bonchev–Trinajstić information content (AvgIpc) is 3.12. The summed E-state index contributed by atoms with van der Waals surface area (Å²) in [6.45, 7) is 0.636. The van der Waals surface area contributed by atoms with Gasteiger partial charge >= 0.3 is 0 Å². The molecular formula is C12H17N3O2S. The van der Waals surface area contributed by atoms with E-state index in [1.807, 2.05) is 0 Å². The predicted octanol–water partition coefficient (Wildman–Crippen LogP) is 0.644. The van der Waals surface area contributed by atoms with Crippen molar-refractivity contribution < 1.29 is 8.42 Å². The second-order valence-electron chi connectivity index (χ2n) is 4.52. The lowest BCUT2D eigenvalue weighted by atomic mass is 10.1. The molecule has 0 saturated heterocycles. The summed E-state index contributed by atoms with van der Waals surface area (Å²) in [5.74, 6) is 1.24. The summed E-state index contributed by atoms with van der Waals surface area (Å²) in [6, 6.07) is 6.53. The summed E-state index contributed by atoms with van der Waals surface area (Å²) < 4.78 is 22.1. The first kappa shape index (κ1) is 13.0. The van der Waals surface area contributed by atoms with Crippen LogP contribution < -0.4 is 10.9 Å². The molecule has 0 bridgehead atoms. The van der Waals surface area contributed by atoms with Gasteiger partial charge in [0, 0.05) is 12.5 Å². The molecule has 1 fully saturated rings. The molecule has 0 amide bonds. The Labute approximate surface area is 107 Å². The second-order valence-corrected chi connectivity index (χ2v) is 6.08. The van der Waals surface area contributed by atoms with E-state index in [1.54, 1.807) is 12.1 Å². The molecule has 0 atom stereocenters. The normalized spacial score (nSPS) is 16.8. The van der Waals surface area contributed by atoms with E-state index in [9.17, 15) is 8.42 Å². The van der Waals surface area contributed by atoms with Crippen molar-refractivity contribution in [1.82, 2.24) is 0 Å². The van der Waals surface area contributed by atoms with Gasteiger partial charge in [0.05, 0.1) is 10.7 Å². The van der Waals surface area contributed by atoms with E-state index in [0.717, 1.165) is 30.7 Å². The van der Waals surface area contributed by atoms with Crippen LogP contribution in [0.25, 0.3) is 0 Å². The summed E-state index contributed by atoms with van der Waals surface area (Å²) in [5.41, 5.74) is 6.80. The van der Waals surface area contributed by atoms with Gasteiger partial charge in [-0.05, 0) is 37.0 Å². The second kappa shape index (κ2) is 5.07. The number of sulfonamides is 1. The SMILES string of the molecule is NC(=NCCc1ccc(S(N)(=O)=O)cc1)C1CC1. The topological polar surface area (TPSA) is 98.5 Å². The van der Waals surface area contributed by atoms with Crippen molar-refractivity contribution in [3.8, 4) is 0 Å². The van der Waals surface area contributed by atoms with E-state index >= 15 is 0 Å². The van der Waals surface area contributed by atoms with E-state index in [0.29, 0.717) is 12.5 Å². The van der Waals surface area contributed by atoms with E-state index in [2.05, 4.69) is 4.99 Å². The highest BCUT2D eigenvalue weighted by molar-refractivity contribution is 7.89. The summed E-state index contributed by atoms with van der Waals surface area (Å²) in [5, 5.41) is 5.02. The maximum atomic E-state index is 11.1. The van der Waals surface area contributed by atoms with E-state index < -0.39 is 10.0 Å². The molecular weight excluding hydrogens is 250 g/mol. The van der Waals surface area contributed by atoms with Gasteiger partial charge in [-0.15, -0.1) is 0 Å². The van der Waals surface area contributed by atoms with Gasteiger partial charge in [-0.1, -0.05) is 12.1 Å². The number of amidine groups is 1. The van der Waals surface area contributed by atoms with E-state index in [1.165, 1.54) is 12.1 Å². The number of primary sulfonamides is 1. The van der Waals surface area contributed by atoms with Crippen LogP contribution in [0.3, 0.4) is 0 Å². The van der Waals surface area contributed by atoms with Gasteiger partial charge in [-0.3, -0.25) is 4.99 Å². The lowest BCUT2D eigenvalue weighted by Crippen LogP contribution is -2.15. The fourth-order valence-electron chi connectivity index (χ4n) is 1.67. The lowest BCUT2D eigenvalue weighted by Gasteiger charge is -2.02. The van der Waals surface area contributed by atoms with Gasteiger partial charge < -0.3 is 5.73 Å². The maximum Gasteiger partial charge on any atom is 0.238 e. The molecule has 98 valence electrons. The largest absolute Gasteiger partial charge is 0.387 e. The molecule has 1 aromatic carbocycles. The van der Waals surface area contributed by atoms with Gasteiger partial charge in [-0.25, -0.2) is 13.6 Å². The first-order valence-electron chi connectivity index (χ1n) is 5.88. The van der Waals surface area contributed by atoms with Gasteiger partial charge in [0.1, 0.15) is 0 Å². The molecule has 6 heteroatoms. The van der Waals surface area contributed by atoms with Gasteiger partial charge in [0.2, 0.25) is 10.0 Å². The number of hydrogen-bond donors (Lipinski definition) is 2. The van der Waals surface area contributed by atoms with Crippen LogP contribution in [-0.4, -0.2) is 20.8 Å². The zero-order valence-corrected chi connectivity index (χ0v) is 10.9. The van der Waals surface area contributed by atoms with Crippen LogP contribution >= 0.6 is 0 Å². The summed E-state index contributed by atoms with van der Waals surface area (Å²) in [6.07, 6.45) is 3.05. The van der Waals surface area contributed by atoms with Crippen molar-refractivity contribution in [1.29, 1.82) is 0 Å². The predicted molar refractivity (Wildman–Crippen MR) is 70.7 cm³/mol. The number of rotatable bonds is 5. The van der Waals surface area contributed by atoms with Crippen LogP contribution in [0.15, 0.2) is 34.2 Å². The molecule has 0 spiro atoms. The number of nitrogens with two attached hydrogens (primary N) is 2. The minimum Gasteiger partial charge on any atom is -0.387 e. The monoisotopic (exact) mass is 267 g/mol. The third kappa shape index (κ3) is 3.54. The standard InChI is InChI=1S/C12H17N3O2S/c13-12(10-3-4-10)15-8-7-9-1-5-11(6-2-9)18(14,16)17/h1-2,5-6,10H,3-4,7-8H2,(H2,13,15)(H2,14,16,17). The molecule has 4 N–H and O–H groups in total. The maximum absolute atomic E-state index is 11.1. The molecule has 5 nitrogen and oxygen atoms in total. The smallest absolute Gasteiger partial charge is 0.238 e. The average molecular weight is 267 g/mol. The zero-order chi connectivity index (χ0) is 13.2. The van der Waals surface area contributed by atoms with E-state index in [4.69, 9.17) is 10.9 Å². The number of aliphatic imine (C=N–C) groups is 1. The minimum absolute atomic E-state index is 0.132. The van der Waals surface area contributed by atoms with Crippen molar-refractivity contribution in [3.05, 3.63) is 29.8 Å².